The molecule has 5 nitrogen and oxygen atoms in total. The molecule has 3 rings (SSSR count). The number of esters is 1. The van der Waals surface area contributed by atoms with Crippen LogP contribution in [0.4, 0.5) is 0 Å². The second-order valence-electron chi connectivity index (χ2n) is 7.00. The van der Waals surface area contributed by atoms with Crippen molar-refractivity contribution < 1.29 is 17.9 Å². The molecule has 1 saturated heterocycles. The molecule has 1 aliphatic heterocycles. The minimum Gasteiger partial charge on any atom is -0.466 e. The molecule has 27 heavy (non-hydrogen) atoms. The predicted octanol–water partition coefficient (Wildman–Crippen LogP) is 3.56. The van der Waals surface area contributed by atoms with Crippen molar-refractivity contribution in [1.29, 1.82) is 0 Å². The summed E-state index contributed by atoms with van der Waals surface area (Å²) in [6, 6.07) is 15.6. The van der Waals surface area contributed by atoms with Gasteiger partial charge in [-0.1, -0.05) is 55.0 Å². The highest BCUT2D eigenvalue weighted by Gasteiger charge is 2.50. The summed E-state index contributed by atoms with van der Waals surface area (Å²) < 4.78 is 33.5. The number of hydrogen-bond donors (Lipinski definition) is 0. The van der Waals surface area contributed by atoms with Crippen LogP contribution in [0.25, 0.3) is 0 Å². The molecule has 0 aliphatic carbocycles. The van der Waals surface area contributed by atoms with Crippen molar-refractivity contribution in [2.45, 2.75) is 31.7 Å². The average molecular weight is 388 g/mol. The van der Waals surface area contributed by atoms with Gasteiger partial charge in [0.1, 0.15) is 0 Å². The van der Waals surface area contributed by atoms with E-state index in [1.807, 2.05) is 44.2 Å². The molecule has 0 radical (unpaired) electrons. The molecular formula is C21H25NO4S. The van der Waals surface area contributed by atoms with Crippen molar-refractivity contribution in [2.24, 2.45) is 11.8 Å². The van der Waals surface area contributed by atoms with Gasteiger partial charge in [0.15, 0.2) is 0 Å². The molecule has 3 atom stereocenters. The smallest absolute Gasteiger partial charge is 0.311 e. The molecule has 144 valence electrons. The first-order chi connectivity index (χ1) is 12.9. The maximum atomic E-state index is 13.4. The Morgan fingerprint density at radius 2 is 1.74 bits per heavy atom. The molecule has 0 bridgehead atoms. The normalized spacial score (nSPS) is 23.3. The Hall–Kier alpha value is -2.18. The van der Waals surface area contributed by atoms with Gasteiger partial charge in [0.2, 0.25) is 10.0 Å². The summed E-state index contributed by atoms with van der Waals surface area (Å²) in [5, 5.41) is 0. The van der Waals surface area contributed by atoms with Crippen LogP contribution < -0.4 is 0 Å². The number of sulfonamides is 1. The Bertz CT molecular complexity index is 894. The van der Waals surface area contributed by atoms with Crippen LogP contribution in [0.5, 0.6) is 0 Å². The number of ether oxygens (including phenoxy) is 1. The largest absolute Gasteiger partial charge is 0.466 e. The Kier molecular flexibility index (Phi) is 5.67. The van der Waals surface area contributed by atoms with Crippen molar-refractivity contribution in [3.05, 3.63) is 65.7 Å². The first kappa shape index (κ1) is 19.6. The fourth-order valence-electron chi connectivity index (χ4n) is 3.72. The van der Waals surface area contributed by atoms with Gasteiger partial charge in [0, 0.05) is 6.54 Å². The van der Waals surface area contributed by atoms with E-state index in [-0.39, 0.29) is 29.9 Å². The second kappa shape index (κ2) is 7.82. The van der Waals surface area contributed by atoms with Gasteiger partial charge in [-0.05, 0) is 37.5 Å². The molecule has 0 saturated carbocycles. The molecule has 1 heterocycles. The van der Waals surface area contributed by atoms with Gasteiger partial charge in [-0.15, -0.1) is 0 Å². The first-order valence-corrected chi connectivity index (χ1v) is 10.6. The quantitative estimate of drug-likeness (QED) is 0.736. The topological polar surface area (TPSA) is 63.7 Å². The average Bonchev–Trinajstić information content (AvgIpc) is 3.01. The van der Waals surface area contributed by atoms with E-state index in [1.54, 1.807) is 31.2 Å². The molecule has 2 aromatic rings. The molecular weight excluding hydrogens is 362 g/mol. The van der Waals surface area contributed by atoms with Crippen molar-refractivity contribution in [3.8, 4) is 0 Å². The molecule has 1 fully saturated rings. The molecule has 1 aliphatic rings. The minimum absolute atomic E-state index is 0.144. The zero-order valence-electron chi connectivity index (χ0n) is 15.8. The predicted molar refractivity (Wildman–Crippen MR) is 104 cm³/mol. The van der Waals surface area contributed by atoms with Gasteiger partial charge in [-0.2, -0.15) is 4.31 Å². The Labute approximate surface area is 161 Å². The van der Waals surface area contributed by atoms with Crippen LogP contribution in [-0.4, -0.2) is 31.8 Å². The molecule has 0 unspecified atom stereocenters. The van der Waals surface area contributed by atoms with Gasteiger partial charge >= 0.3 is 5.97 Å². The van der Waals surface area contributed by atoms with Crippen molar-refractivity contribution in [3.63, 3.8) is 0 Å². The van der Waals surface area contributed by atoms with E-state index < -0.39 is 22.0 Å². The number of carbonyl (C=O) groups excluding carboxylic acids is 1. The summed E-state index contributed by atoms with van der Waals surface area (Å²) >= 11 is 0. The lowest BCUT2D eigenvalue weighted by molar-refractivity contribution is -0.149. The lowest BCUT2D eigenvalue weighted by atomic mass is 9.88. The van der Waals surface area contributed by atoms with Gasteiger partial charge in [0.05, 0.1) is 23.5 Å². The fourth-order valence-corrected chi connectivity index (χ4v) is 5.45. The zero-order valence-corrected chi connectivity index (χ0v) is 16.6. The van der Waals surface area contributed by atoms with Crippen molar-refractivity contribution >= 4 is 16.0 Å². The van der Waals surface area contributed by atoms with Crippen LogP contribution in [0.1, 0.15) is 31.0 Å². The Morgan fingerprint density at radius 1 is 1.11 bits per heavy atom. The van der Waals surface area contributed by atoms with E-state index >= 15 is 0 Å². The fraction of sp³-hybridized carbons (Fsp3) is 0.381. The van der Waals surface area contributed by atoms with Crippen molar-refractivity contribution in [2.75, 3.05) is 13.2 Å². The molecule has 0 N–H and O–H groups in total. The van der Waals surface area contributed by atoms with E-state index in [2.05, 4.69) is 0 Å². The Morgan fingerprint density at radius 3 is 2.33 bits per heavy atom. The van der Waals surface area contributed by atoms with E-state index in [1.165, 1.54) is 4.31 Å². The summed E-state index contributed by atoms with van der Waals surface area (Å²) in [7, 11) is -3.74. The van der Waals surface area contributed by atoms with Crippen molar-refractivity contribution in [1.82, 2.24) is 4.31 Å². The maximum Gasteiger partial charge on any atom is 0.311 e. The third-order valence-electron chi connectivity index (χ3n) is 5.06. The summed E-state index contributed by atoms with van der Waals surface area (Å²) in [6.45, 7) is 6.13. The van der Waals surface area contributed by atoms with Crippen LogP contribution in [-0.2, 0) is 19.6 Å². The third kappa shape index (κ3) is 3.77. The number of carbonyl (C=O) groups is 1. The highest BCUT2D eigenvalue weighted by molar-refractivity contribution is 7.89. The van der Waals surface area contributed by atoms with Gasteiger partial charge in [-0.3, -0.25) is 4.79 Å². The molecule has 0 amide bonds. The number of nitrogens with zero attached hydrogens (tertiary/aromatic N) is 1. The summed E-state index contributed by atoms with van der Waals surface area (Å²) in [4.78, 5) is 12.9. The number of rotatable bonds is 5. The highest BCUT2D eigenvalue weighted by atomic mass is 32.2. The van der Waals surface area contributed by atoms with Crippen LogP contribution in [0.3, 0.4) is 0 Å². The lowest BCUT2D eigenvalue weighted by Gasteiger charge is -2.27. The third-order valence-corrected chi connectivity index (χ3v) is 6.92. The zero-order chi connectivity index (χ0) is 19.6. The minimum atomic E-state index is -3.74. The summed E-state index contributed by atoms with van der Waals surface area (Å²) in [6.07, 6.45) is 0. The van der Waals surface area contributed by atoms with Crippen LogP contribution in [0.15, 0.2) is 59.5 Å². The molecule has 0 aromatic heterocycles. The SMILES string of the molecule is CCOC(=O)[C@@H]1[C@@H](C)CN(S(=O)(=O)c2ccc(C)cc2)[C@H]1c1ccccc1. The standard InChI is InChI=1S/C21H25NO4S/c1-4-26-21(23)19-16(3)14-22(20(19)17-8-6-5-7-9-17)27(24,25)18-12-10-15(2)11-13-18/h5-13,16,19-20H,4,14H2,1-3H3/t16-,19+,20-/m0/s1. The van der Waals surface area contributed by atoms with Gasteiger partial charge in [-0.25, -0.2) is 8.42 Å². The van der Waals surface area contributed by atoms with Crippen LogP contribution in [0.2, 0.25) is 0 Å². The summed E-state index contributed by atoms with van der Waals surface area (Å²) in [5.41, 5.74) is 1.79. The van der Waals surface area contributed by atoms with Crippen LogP contribution in [0, 0.1) is 18.8 Å². The number of hydrogen-bond acceptors (Lipinski definition) is 4. The highest BCUT2D eigenvalue weighted by Crippen LogP contribution is 2.44. The van der Waals surface area contributed by atoms with Gasteiger partial charge in [0.25, 0.3) is 0 Å². The monoisotopic (exact) mass is 387 g/mol. The van der Waals surface area contributed by atoms with E-state index in [4.69, 9.17) is 4.74 Å². The molecule has 2 aromatic carbocycles. The van der Waals surface area contributed by atoms with E-state index in [0.29, 0.717) is 0 Å². The lowest BCUT2D eigenvalue weighted by Crippen LogP contribution is -2.34. The van der Waals surface area contributed by atoms with Crippen LogP contribution >= 0.6 is 0 Å². The van der Waals surface area contributed by atoms with E-state index in [9.17, 15) is 13.2 Å². The molecule has 0 spiro atoms. The second-order valence-corrected chi connectivity index (χ2v) is 8.89. The van der Waals surface area contributed by atoms with E-state index in [0.717, 1.165) is 11.1 Å². The Balaban J connectivity index is 2.07. The van der Waals surface area contributed by atoms with Gasteiger partial charge < -0.3 is 4.74 Å². The number of benzene rings is 2. The maximum absolute atomic E-state index is 13.4. The first-order valence-electron chi connectivity index (χ1n) is 9.16. The number of aryl methyl sites for hydroxylation is 1. The summed E-state index contributed by atoms with van der Waals surface area (Å²) in [5.74, 6) is -1.03. The molecule has 6 heteroatoms.